The van der Waals surface area contributed by atoms with Gasteiger partial charge < -0.3 is 5.11 Å². The number of carbonyl (C=O) groups is 1. The maximum Gasteiger partial charge on any atom is 0.336 e. The summed E-state index contributed by atoms with van der Waals surface area (Å²) in [5.74, 6) is -0.948. The molecular formula is C17H12N2O2. The fourth-order valence-electron chi connectivity index (χ4n) is 2.12. The van der Waals surface area contributed by atoms with Crippen molar-refractivity contribution in [2.45, 2.75) is 0 Å². The molecule has 0 atom stereocenters. The van der Waals surface area contributed by atoms with E-state index in [1.54, 1.807) is 12.4 Å². The van der Waals surface area contributed by atoms with Crippen molar-refractivity contribution < 1.29 is 9.90 Å². The highest BCUT2D eigenvalue weighted by molar-refractivity contribution is 6.03. The Labute approximate surface area is 121 Å². The van der Waals surface area contributed by atoms with E-state index in [0.717, 1.165) is 11.1 Å². The van der Waals surface area contributed by atoms with E-state index >= 15 is 0 Å². The van der Waals surface area contributed by atoms with E-state index in [9.17, 15) is 9.90 Å². The van der Waals surface area contributed by atoms with Gasteiger partial charge in [-0.2, -0.15) is 0 Å². The van der Waals surface area contributed by atoms with Gasteiger partial charge in [0.1, 0.15) is 0 Å². The van der Waals surface area contributed by atoms with Gasteiger partial charge in [-0.25, -0.2) is 4.79 Å². The summed E-state index contributed by atoms with van der Waals surface area (Å²) in [7, 11) is 0. The van der Waals surface area contributed by atoms with Crippen molar-refractivity contribution in [3.63, 3.8) is 0 Å². The number of rotatable bonds is 3. The predicted molar refractivity (Wildman–Crippen MR) is 81.9 cm³/mol. The first-order valence-corrected chi connectivity index (χ1v) is 6.44. The highest BCUT2D eigenvalue weighted by Crippen LogP contribution is 2.20. The zero-order valence-electron chi connectivity index (χ0n) is 11.1. The van der Waals surface area contributed by atoms with Crippen molar-refractivity contribution in [3.8, 4) is 0 Å². The standard InChI is InChI=1S/C17H12N2O2/c20-17(21)14-7-9-19-16-6-5-12(10-15(14)16)3-4-13-2-1-8-18-11-13/h1-11H,(H,20,21). The second-order valence-corrected chi connectivity index (χ2v) is 4.56. The molecule has 4 heteroatoms. The molecule has 0 aliphatic heterocycles. The predicted octanol–water partition coefficient (Wildman–Crippen LogP) is 3.50. The molecule has 2 aromatic heterocycles. The second kappa shape index (κ2) is 5.54. The van der Waals surface area contributed by atoms with E-state index < -0.39 is 5.97 Å². The molecule has 0 aliphatic rings. The number of nitrogens with zero attached hydrogens (tertiary/aromatic N) is 2. The molecule has 0 radical (unpaired) electrons. The molecule has 2 heterocycles. The summed E-state index contributed by atoms with van der Waals surface area (Å²) in [5.41, 5.74) is 2.84. The lowest BCUT2D eigenvalue weighted by Gasteiger charge is -2.03. The van der Waals surface area contributed by atoms with Gasteiger partial charge in [0, 0.05) is 24.0 Å². The zero-order chi connectivity index (χ0) is 14.7. The first kappa shape index (κ1) is 13.0. The number of aromatic carboxylic acids is 1. The lowest BCUT2D eigenvalue weighted by Crippen LogP contribution is -1.98. The summed E-state index contributed by atoms with van der Waals surface area (Å²) in [4.78, 5) is 19.5. The number of pyridine rings is 2. The first-order valence-electron chi connectivity index (χ1n) is 6.44. The summed E-state index contributed by atoms with van der Waals surface area (Å²) in [6.07, 6.45) is 8.86. The molecule has 0 bridgehead atoms. The van der Waals surface area contributed by atoms with Gasteiger partial charge >= 0.3 is 5.97 Å². The van der Waals surface area contributed by atoms with Gasteiger partial charge in [-0.1, -0.05) is 24.3 Å². The molecule has 1 N–H and O–H groups in total. The maximum atomic E-state index is 11.3. The molecule has 0 spiro atoms. The Balaban J connectivity index is 2.03. The molecule has 0 amide bonds. The number of benzene rings is 1. The largest absolute Gasteiger partial charge is 0.478 e. The number of fused-ring (bicyclic) bond motifs is 1. The molecule has 0 unspecified atom stereocenters. The van der Waals surface area contributed by atoms with Gasteiger partial charge in [0.25, 0.3) is 0 Å². The molecule has 0 fully saturated rings. The zero-order valence-corrected chi connectivity index (χ0v) is 11.1. The molecular weight excluding hydrogens is 264 g/mol. The molecule has 21 heavy (non-hydrogen) atoms. The average Bonchev–Trinajstić information content (AvgIpc) is 2.53. The lowest BCUT2D eigenvalue weighted by molar-refractivity contribution is 0.0699. The fourth-order valence-corrected chi connectivity index (χ4v) is 2.12. The Morgan fingerprint density at radius 3 is 2.67 bits per heavy atom. The number of aromatic nitrogens is 2. The maximum absolute atomic E-state index is 11.3. The van der Waals surface area contributed by atoms with Gasteiger partial charge in [-0.3, -0.25) is 9.97 Å². The Hall–Kier alpha value is -3.01. The number of hydrogen-bond donors (Lipinski definition) is 1. The normalized spacial score (nSPS) is 11.0. The van der Waals surface area contributed by atoms with Gasteiger partial charge in [-0.15, -0.1) is 0 Å². The van der Waals surface area contributed by atoms with Crippen LogP contribution in [-0.2, 0) is 0 Å². The van der Waals surface area contributed by atoms with Gasteiger partial charge in [-0.05, 0) is 35.4 Å². The minimum atomic E-state index is -0.948. The molecule has 102 valence electrons. The van der Waals surface area contributed by atoms with Crippen molar-refractivity contribution in [1.29, 1.82) is 0 Å². The highest BCUT2D eigenvalue weighted by Gasteiger charge is 2.08. The first-order chi connectivity index (χ1) is 10.2. The summed E-state index contributed by atoms with van der Waals surface area (Å²) in [6, 6.07) is 10.9. The minimum Gasteiger partial charge on any atom is -0.478 e. The van der Waals surface area contributed by atoms with Crippen LogP contribution < -0.4 is 0 Å². The van der Waals surface area contributed by atoms with E-state index in [2.05, 4.69) is 9.97 Å². The van der Waals surface area contributed by atoms with Gasteiger partial charge in [0.2, 0.25) is 0 Å². The third-order valence-corrected chi connectivity index (χ3v) is 3.15. The minimum absolute atomic E-state index is 0.261. The van der Waals surface area contributed by atoms with Crippen LogP contribution in [0, 0.1) is 0 Å². The van der Waals surface area contributed by atoms with Crippen LogP contribution in [-0.4, -0.2) is 21.0 Å². The summed E-state index contributed by atoms with van der Waals surface area (Å²) < 4.78 is 0. The molecule has 1 aromatic carbocycles. The summed E-state index contributed by atoms with van der Waals surface area (Å²) in [5, 5.41) is 9.86. The Morgan fingerprint density at radius 2 is 1.90 bits per heavy atom. The van der Waals surface area contributed by atoms with Crippen molar-refractivity contribution in [1.82, 2.24) is 9.97 Å². The summed E-state index contributed by atoms with van der Waals surface area (Å²) in [6.45, 7) is 0. The Bertz CT molecular complexity index is 827. The van der Waals surface area contributed by atoms with Gasteiger partial charge in [0.15, 0.2) is 0 Å². The third kappa shape index (κ3) is 2.79. The van der Waals surface area contributed by atoms with Crippen LogP contribution in [0.5, 0.6) is 0 Å². The summed E-state index contributed by atoms with van der Waals surface area (Å²) >= 11 is 0. The van der Waals surface area contributed by atoms with Gasteiger partial charge in [0.05, 0.1) is 11.1 Å². The van der Waals surface area contributed by atoms with E-state index in [1.165, 1.54) is 12.3 Å². The third-order valence-electron chi connectivity index (χ3n) is 3.15. The molecule has 0 saturated heterocycles. The average molecular weight is 276 g/mol. The monoisotopic (exact) mass is 276 g/mol. The Kier molecular flexibility index (Phi) is 3.43. The van der Waals surface area contributed by atoms with E-state index in [1.807, 2.05) is 42.5 Å². The smallest absolute Gasteiger partial charge is 0.336 e. The van der Waals surface area contributed by atoms with Crippen molar-refractivity contribution in [2.75, 3.05) is 0 Å². The second-order valence-electron chi connectivity index (χ2n) is 4.56. The Morgan fingerprint density at radius 1 is 1.05 bits per heavy atom. The molecule has 3 rings (SSSR count). The van der Waals surface area contributed by atoms with Crippen molar-refractivity contribution in [2.24, 2.45) is 0 Å². The van der Waals surface area contributed by atoms with Crippen LogP contribution in [0.4, 0.5) is 0 Å². The topological polar surface area (TPSA) is 63.1 Å². The molecule has 4 nitrogen and oxygen atoms in total. The van der Waals surface area contributed by atoms with Crippen molar-refractivity contribution >= 4 is 29.0 Å². The van der Waals surface area contributed by atoms with Crippen LogP contribution in [0.3, 0.4) is 0 Å². The van der Waals surface area contributed by atoms with Crippen molar-refractivity contribution in [3.05, 3.63) is 71.7 Å². The van der Waals surface area contributed by atoms with Crippen LogP contribution >= 0.6 is 0 Å². The molecule has 0 aliphatic carbocycles. The SMILES string of the molecule is O=C(O)c1ccnc2ccc(C=Cc3cccnc3)cc12. The van der Waals surface area contributed by atoms with Crippen LogP contribution in [0.15, 0.2) is 55.0 Å². The molecule has 0 saturated carbocycles. The lowest BCUT2D eigenvalue weighted by atomic mass is 10.1. The number of carboxylic acid groups (broad SMARTS) is 1. The van der Waals surface area contributed by atoms with Crippen LogP contribution in [0.25, 0.3) is 23.1 Å². The van der Waals surface area contributed by atoms with E-state index in [-0.39, 0.29) is 5.56 Å². The van der Waals surface area contributed by atoms with Crippen LogP contribution in [0.1, 0.15) is 21.5 Å². The van der Waals surface area contributed by atoms with Crippen LogP contribution in [0.2, 0.25) is 0 Å². The highest BCUT2D eigenvalue weighted by atomic mass is 16.4. The van der Waals surface area contributed by atoms with E-state index in [0.29, 0.717) is 10.9 Å². The number of carboxylic acids is 1. The number of hydrogen-bond acceptors (Lipinski definition) is 3. The fraction of sp³-hybridized carbons (Fsp3) is 0. The van der Waals surface area contributed by atoms with E-state index in [4.69, 9.17) is 0 Å². The quantitative estimate of drug-likeness (QED) is 0.795. The molecule has 3 aromatic rings.